The zero-order valence-corrected chi connectivity index (χ0v) is 10.5. The van der Waals surface area contributed by atoms with Crippen LogP contribution in [-0.4, -0.2) is 24.0 Å². The molecular weight excluding hydrogens is 247 g/mol. The molecule has 0 aromatic heterocycles. The van der Waals surface area contributed by atoms with Crippen molar-refractivity contribution >= 4 is 17.2 Å². The lowest BCUT2D eigenvalue weighted by atomic mass is 10.1. The third-order valence-corrected chi connectivity index (χ3v) is 2.98. The monoisotopic (exact) mass is 261 g/mol. The SMILES string of the molecule is CN(C)C(=S)CCc1ccc(C(F)(F)F)cc1. The van der Waals surface area contributed by atoms with Gasteiger partial charge in [-0.25, -0.2) is 0 Å². The van der Waals surface area contributed by atoms with Crippen molar-refractivity contribution in [2.45, 2.75) is 19.0 Å². The summed E-state index contributed by atoms with van der Waals surface area (Å²) in [4.78, 5) is 2.63. The summed E-state index contributed by atoms with van der Waals surface area (Å²) in [5.74, 6) is 0. The van der Waals surface area contributed by atoms with Gasteiger partial charge >= 0.3 is 6.18 Å². The van der Waals surface area contributed by atoms with E-state index in [2.05, 4.69) is 0 Å². The highest BCUT2D eigenvalue weighted by Gasteiger charge is 2.29. The molecule has 17 heavy (non-hydrogen) atoms. The highest BCUT2D eigenvalue weighted by Crippen LogP contribution is 2.29. The second-order valence-electron chi connectivity index (χ2n) is 3.98. The summed E-state index contributed by atoms with van der Waals surface area (Å²) in [6.07, 6.45) is -2.93. The maximum Gasteiger partial charge on any atom is 0.416 e. The summed E-state index contributed by atoms with van der Waals surface area (Å²) in [7, 11) is 3.71. The van der Waals surface area contributed by atoms with Gasteiger partial charge in [-0.1, -0.05) is 24.4 Å². The molecule has 0 radical (unpaired) electrons. The smallest absolute Gasteiger partial charge is 0.372 e. The maximum absolute atomic E-state index is 12.3. The van der Waals surface area contributed by atoms with Crippen molar-refractivity contribution in [1.82, 2.24) is 4.90 Å². The summed E-state index contributed by atoms with van der Waals surface area (Å²) in [5, 5.41) is 0. The Balaban J connectivity index is 2.61. The van der Waals surface area contributed by atoms with Crippen molar-refractivity contribution in [3.8, 4) is 0 Å². The predicted octanol–water partition coefficient (Wildman–Crippen LogP) is 3.53. The molecule has 94 valence electrons. The van der Waals surface area contributed by atoms with Crippen molar-refractivity contribution in [3.63, 3.8) is 0 Å². The lowest BCUT2D eigenvalue weighted by molar-refractivity contribution is -0.137. The van der Waals surface area contributed by atoms with Crippen molar-refractivity contribution in [2.75, 3.05) is 14.1 Å². The highest BCUT2D eigenvalue weighted by molar-refractivity contribution is 7.80. The fourth-order valence-corrected chi connectivity index (χ4v) is 1.44. The van der Waals surface area contributed by atoms with Gasteiger partial charge in [0.2, 0.25) is 0 Å². The van der Waals surface area contributed by atoms with E-state index in [-0.39, 0.29) is 0 Å². The summed E-state index contributed by atoms with van der Waals surface area (Å²) in [6.45, 7) is 0. The van der Waals surface area contributed by atoms with E-state index in [0.29, 0.717) is 12.8 Å². The van der Waals surface area contributed by atoms with Crippen LogP contribution in [0, 0.1) is 0 Å². The largest absolute Gasteiger partial charge is 0.416 e. The molecule has 1 aromatic carbocycles. The maximum atomic E-state index is 12.3. The minimum Gasteiger partial charge on any atom is -0.372 e. The molecule has 0 fully saturated rings. The molecule has 0 saturated carbocycles. The van der Waals surface area contributed by atoms with Gasteiger partial charge in [-0.3, -0.25) is 0 Å². The van der Waals surface area contributed by atoms with E-state index in [1.807, 2.05) is 19.0 Å². The number of thiocarbonyl (C=S) groups is 1. The Morgan fingerprint density at radius 3 is 2.12 bits per heavy atom. The summed E-state index contributed by atoms with van der Waals surface area (Å²) >= 11 is 5.11. The first-order valence-electron chi connectivity index (χ1n) is 5.17. The third kappa shape index (κ3) is 4.34. The van der Waals surface area contributed by atoms with Crippen LogP contribution < -0.4 is 0 Å². The van der Waals surface area contributed by atoms with Gasteiger partial charge < -0.3 is 4.90 Å². The van der Waals surface area contributed by atoms with Crippen LogP contribution in [0.4, 0.5) is 13.2 Å². The van der Waals surface area contributed by atoms with Crippen molar-refractivity contribution in [1.29, 1.82) is 0 Å². The molecule has 0 unspecified atom stereocenters. The van der Waals surface area contributed by atoms with E-state index in [1.54, 1.807) is 0 Å². The van der Waals surface area contributed by atoms with Gasteiger partial charge in [-0.15, -0.1) is 0 Å². The Kier molecular flexibility index (Phi) is 4.51. The Labute approximate surface area is 104 Å². The van der Waals surface area contributed by atoms with Crippen LogP contribution in [0.15, 0.2) is 24.3 Å². The number of halogens is 3. The first-order chi connectivity index (χ1) is 7.80. The number of hydrogen-bond acceptors (Lipinski definition) is 1. The van der Waals surface area contributed by atoms with Crippen molar-refractivity contribution in [3.05, 3.63) is 35.4 Å². The summed E-state index contributed by atoms with van der Waals surface area (Å²) < 4.78 is 36.9. The van der Waals surface area contributed by atoms with Crippen LogP contribution in [0.25, 0.3) is 0 Å². The molecule has 5 heteroatoms. The quantitative estimate of drug-likeness (QED) is 0.766. The van der Waals surface area contributed by atoms with E-state index in [9.17, 15) is 13.2 Å². The molecule has 0 saturated heterocycles. The lowest BCUT2D eigenvalue weighted by Gasteiger charge is -2.13. The summed E-state index contributed by atoms with van der Waals surface area (Å²) in [6, 6.07) is 5.21. The number of aryl methyl sites for hydroxylation is 1. The Morgan fingerprint density at radius 1 is 1.18 bits per heavy atom. The second-order valence-corrected chi connectivity index (χ2v) is 4.45. The molecule has 0 aliphatic heterocycles. The fraction of sp³-hybridized carbons (Fsp3) is 0.417. The number of benzene rings is 1. The summed E-state index contributed by atoms with van der Waals surface area (Å²) in [5.41, 5.74) is 0.249. The molecule has 0 atom stereocenters. The van der Waals surface area contributed by atoms with E-state index < -0.39 is 11.7 Å². The van der Waals surface area contributed by atoms with Crippen LogP contribution in [0.2, 0.25) is 0 Å². The molecule has 1 aromatic rings. The Bertz CT molecular complexity index is 382. The molecule has 0 bridgehead atoms. The molecule has 0 heterocycles. The molecule has 1 nitrogen and oxygen atoms in total. The number of alkyl halides is 3. The molecule has 0 spiro atoms. The van der Waals surface area contributed by atoms with Gasteiger partial charge in [0.1, 0.15) is 0 Å². The van der Waals surface area contributed by atoms with Crippen LogP contribution in [0.5, 0.6) is 0 Å². The first-order valence-corrected chi connectivity index (χ1v) is 5.58. The minimum absolute atomic E-state index is 0.614. The zero-order chi connectivity index (χ0) is 13.1. The third-order valence-electron chi connectivity index (χ3n) is 2.41. The molecule has 1 rings (SSSR count). The zero-order valence-electron chi connectivity index (χ0n) is 9.71. The second kappa shape index (κ2) is 5.49. The van der Waals surface area contributed by atoms with Crippen LogP contribution in [-0.2, 0) is 12.6 Å². The van der Waals surface area contributed by atoms with Crippen LogP contribution in [0.3, 0.4) is 0 Å². The first kappa shape index (κ1) is 14.0. The topological polar surface area (TPSA) is 3.24 Å². The average Bonchev–Trinajstić information content (AvgIpc) is 2.25. The number of rotatable bonds is 3. The Morgan fingerprint density at radius 2 is 1.71 bits per heavy atom. The molecule has 0 aliphatic rings. The number of hydrogen-bond donors (Lipinski definition) is 0. The average molecular weight is 261 g/mol. The molecule has 0 amide bonds. The van der Waals surface area contributed by atoms with Crippen LogP contribution >= 0.6 is 12.2 Å². The van der Waals surface area contributed by atoms with E-state index in [0.717, 1.165) is 22.7 Å². The fourth-order valence-electron chi connectivity index (χ4n) is 1.34. The van der Waals surface area contributed by atoms with Gasteiger partial charge in [0, 0.05) is 20.5 Å². The molecular formula is C12H14F3NS. The van der Waals surface area contributed by atoms with Gasteiger partial charge in [0.15, 0.2) is 0 Å². The minimum atomic E-state index is -4.27. The van der Waals surface area contributed by atoms with Gasteiger partial charge in [-0.05, 0) is 24.1 Å². The number of nitrogens with zero attached hydrogens (tertiary/aromatic N) is 1. The lowest BCUT2D eigenvalue weighted by Crippen LogP contribution is -2.19. The Hall–Kier alpha value is -1.10. The molecule has 0 aliphatic carbocycles. The van der Waals surface area contributed by atoms with Crippen molar-refractivity contribution in [2.24, 2.45) is 0 Å². The molecule has 0 N–H and O–H groups in total. The van der Waals surface area contributed by atoms with Gasteiger partial charge in [0.05, 0.1) is 10.6 Å². The standard InChI is InChI=1S/C12H14F3NS/c1-16(2)11(17)8-5-9-3-6-10(7-4-9)12(13,14)15/h3-4,6-7H,5,8H2,1-2H3. The van der Waals surface area contributed by atoms with E-state index in [4.69, 9.17) is 12.2 Å². The van der Waals surface area contributed by atoms with Crippen LogP contribution in [0.1, 0.15) is 17.5 Å². The highest BCUT2D eigenvalue weighted by atomic mass is 32.1. The van der Waals surface area contributed by atoms with Crippen molar-refractivity contribution < 1.29 is 13.2 Å². The van der Waals surface area contributed by atoms with Gasteiger partial charge in [-0.2, -0.15) is 13.2 Å². The van der Waals surface area contributed by atoms with E-state index in [1.165, 1.54) is 12.1 Å². The van der Waals surface area contributed by atoms with E-state index >= 15 is 0 Å². The van der Waals surface area contributed by atoms with Gasteiger partial charge in [0.25, 0.3) is 0 Å². The predicted molar refractivity (Wildman–Crippen MR) is 66.1 cm³/mol. The normalized spacial score (nSPS) is 11.4.